The molecule has 2 aliphatic rings. The van der Waals surface area contributed by atoms with Gasteiger partial charge in [-0.15, -0.1) is 0 Å². The quantitative estimate of drug-likeness (QED) is 0.776. The zero-order valence-corrected chi connectivity index (χ0v) is 14.0. The van der Waals surface area contributed by atoms with E-state index in [1.54, 1.807) is 7.11 Å². The van der Waals surface area contributed by atoms with Crippen LogP contribution < -0.4 is 10.1 Å². The third kappa shape index (κ3) is 2.24. The standard InChI is InChI=1S/C21H23NO/c1-13-10-11-14(2)20-19(13)17-8-5-9-18(17)21(22-20)15-6-4-7-16(12-15)23-3/h4-8,10-12,17-18,21-22H,9H2,1-3H3. The third-order valence-electron chi connectivity index (χ3n) is 5.40. The van der Waals surface area contributed by atoms with Crippen molar-refractivity contribution in [1.82, 2.24) is 0 Å². The van der Waals surface area contributed by atoms with Crippen molar-refractivity contribution in [2.75, 3.05) is 12.4 Å². The lowest BCUT2D eigenvalue weighted by Crippen LogP contribution is -2.30. The first kappa shape index (κ1) is 14.4. The number of anilines is 1. The van der Waals surface area contributed by atoms with Crippen LogP contribution in [-0.2, 0) is 0 Å². The van der Waals surface area contributed by atoms with Crippen LogP contribution in [0.3, 0.4) is 0 Å². The molecule has 0 bridgehead atoms. The summed E-state index contributed by atoms with van der Waals surface area (Å²) in [6, 6.07) is 13.3. The zero-order valence-electron chi connectivity index (χ0n) is 14.0. The molecule has 118 valence electrons. The van der Waals surface area contributed by atoms with Crippen molar-refractivity contribution in [2.45, 2.75) is 32.2 Å². The number of ether oxygens (including phenoxy) is 1. The largest absolute Gasteiger partial charge is 0.497 e. The van der Waals surface area contributed by atoms with Crippen LogP contribution in [0.2, 0.25) is 0 Å². The molecule has 2 heteroatoms. The summed E-state index contributed by atoms with van der Waals surface area (Å²) in [5.41, 5.74) is 6.85. The first-order valence-corrected chi connectivity index (χ1v) is 8.36. The number of rotatable bonds is 2. The molecule has 3 atom stereocenters. The van der Waals surface area contributed by atoms with Crippen molar-refractivity contribution >= 4 is 5.69 Å². The Kier molecular flexibility index (Phi) is 3.41. The molecular weight excluding hydrogens is 282 g/mol. The minimum absolute atomic E-state index is 0.332. The Hall–Kier alpha value is -2.22. The normalized spacial score (nSPS) is 24.7. The Morgan fingerprint density at radius 3 is 2.74 bits per heavy atom. The molecule has 1 aliphatic heterocycles. The number of hydrogen-bond acceptors (Lipinski definition) is 2. The molecule has 2 aromatic rings. The highest BCUT2D eigenvalue weighted by molar-refractivity contribution is 5.66. The van der Waals surface area contributed by atoms with Crippen molar-refractivity contribution in [2.24, 2.45) is 5.92 Å². The molecule has 2 aromatic carbocycles. The lowest BCUT2D eigenvalue weighted by molar-refractivity contribution is 0.406. The number of nitrogens with one attached hydrogen (secondary N) is 1. The lowest BCUT2D eigenvalue weighted by atomic mass is 9.75. The highest BCUT2D eigenvalue weighted by atomic mass is 16.5. The first-order chi connectivity index (χ1) is 11.2. The van der Waals surface area contributed by atoms with Crippen LogP contribution in [0, 0.1) is 19.8 Å². The minimum Gasteiger partial charge on any atom is -0.497 e. The van der Waals surface area contributed by atoms with Gasteiger partial charge in [0.25, 0.3) is 0 Å². The van der Waals surface area contributed by atoms with Crippen LogP contribution in [-0.4, -0.2) is 7.11 Å². The van der Waals surface area contributed by atoms with Gasteiger partial charge in [-0.25, -0.2) is 0 Å². The Bertz CT molecular complexity index is 777. The second kappa shape index (κ2) is 5.45. The molecule has 0 saturated carbocycles. The molecule has 0 aromatic heterocycles. The summed E-state index contributed by atoms with van der Waals surface area (Å²) in [4.78, 5) is 0. The van der Waals surface area contributed by atoms with E-state index in [2.05, 4.69) is 61.6 Å². The van der Waals surface area contributed by atoms with E-state index in [4.69, 9.17) is 4.74 Å². The van der Waals surface area contributed by atoms with Gasteiger partial charge in [-0.2, -0.15) is 0 Å². The molecule has 1 N–H and O–H groups in total. The summed E-state index contributed by atoms with van der Waals surface area (Å²) in [6.07, 6.45) is 5.89. The van der Waals surface area contributed by atoms with Crippen LogP contribution in [0.1, 0.15) is 40.6 Å². The summed E-state index contributed by atoms with van der Waals surface area (Å²) in [5, 5.41) is 3.85. The van der Waals surface area contributed by atoms with Gasteiger partial charge in [0.1, 0.15) is 5.75 Å². The summed E-state index contributed by atoms with van der Waals surface area (Å²) < 4.78 is 5.43. The summed E-state index contributed by atoms with van der Waals surface area (Å²) in [7, 11) is 1.73. The van der Waals surface area contributed by atoms with Gasteiger partial charge in [-0.1, -0.05) is 36.4 Å². The fourth-order valence-corrected chi connectivity index (χ4v) is 4.21. The molecular formula is C21H23NO. The summed E-state index contributed by atoms with van der Waals surface area (Å²) >= 11 is 0. The summed E-state index contributed by atoms with van der Waals surface area (Å²) in [5.74, 6) is 2.02. The molecule has 1 aliphatic carbocycles. The number of allylic oxidation sites excluding steroid dienone is 2. The van der Waals surface area contributed by atoms with E-state index < -0.39 is 0 Å². The highest BCUT2D eigenvalue weighted by Crippen LogP contribution is 2.51. The van der Waals surface area contributed by atoms with Crippen LogP contribution in [0.5, 0.6) is 5.75 Å². The van der Waals surface area contributed by atoms with Gasteiger partial charge in [0.05, 0.1) is 13.2 Å². The second-order valence-electron chi connectivity index (χ2n) is 6.74. The van der Waals surface area contributed by atoms with Crippen molar-refractivity contribution in [3.05, 3.63) is 70.8 Å². The number of hydrogen-bond donors (Lipinski definition) is 1. The number of aryl methyl sites for hydroxylation is 2. The van der Waals surface area contributed by atoms with Gasteiger partial charge in [0, 0.05) is 11.6 Å². The molecule has 0 saturated heterocycles. The molecule has 0 fully saturated rings. The Morgan fingerprint density at radius 1 is 1.09 bits per heavy atom. The van der Waals surface area contributed by atoms with Crippen molar-refractivity contribution in [1.29, 1.82) is 0 Å². The molecule has 3 unspecified atom stereocenters. The number of methoxy groups -OCH3 is 1. The van der Waals surface area contributed by atoms with E-state index in [-0.39, 0.29) is 0 Å². The number of benzene rings is 2. The van der Waals surface area contributed by atoms with E-state index >= 15 is 0 Å². The molecule has 0 spiro atoms. The maximum Gasteiger partial charge on any atom is 0.119 e. The third-order valence-corrected chi connectivity index (χ3v) is 5.40. The average Bonchev–Trinajstić information content (AvgIpc) is 3.06. The molecule has 0 amide bonds. The smallest absolute Gasteiger partial charge is 0.119 e. The second-order valence-corrected chi connectivity index (χ2v) is 6.74. The predicted octanol–water partition coefficient (Wildman–Crippen LogP) is 5.14. The molecule has 4 rings (SSSR count). The topological polar surface area (TPSA) is 21.3 Å². The molecule has 1 heterocycles. The predicted molar refractivity (Wildman–Crippen MR) is 95.3 cm³/mol. The van der Waals surface area contributed by atoms with E-state index in [0.717, 1.165) is 12.2 Å². The fourth-order valence-electron chi connectivity index (χ4n) is 4.21. The molecule has 0 radical (unpaired) electrons. The fraction of sp³-hybridized carbons (Fsp3) is 0.333. The maximum absolute atomic E-state index is 5.43. The zero-order chi connectivity index (χ0) is 16.0. The summed E-state index contributed by atoms with van der Waals surface area (Å²) in [6.45, 7) is 4.43. The van der Waals surface area contributed by atoms with Gasteiger partial charge in [-0.05, 0) is 60.6 Å². The van der Waals surface area contributed by atoms with Gasteiger partial charge < -0.3 is 10.1 Å². The van der Waals surface area contributed by atoms with Crippen LogP contribution >= 0.6 is 0 Å². The Morgan fingerprint density at radius 2 is 1.91 bits per heavy atom. The van der Waals surface area contributed by atoms with Crippen LogP contribution in [0.4, 0.5) is 5.69 Å². The highest BCUT2D eigenvalue weighted by Gasteiger charge is 2.39. The Balaban J connectivity index is 1.83. The van der Waals surface area contributed by atoms with Gasteiger partial charge >= 0.3 is 0 Å². The van der Waals surface area contributed by atoms with E-state index in [9.17, 15) is 0 Å². The van der Waals surface area contributed by atoms with Crippen molar-refractivity contribution < 1.29 is 4.74 Å². The first-order valence-electron chi connectivity index (χ1n) is 8.36. The molecule has 23 heavy (non-hydrogen) atoms. The average molecular weight is 305 g/mol. The van der Waals surface area contributed by atoms with Gasteiger partial charge in [0.15, 0.2) is 0 Å². The van der Waals surface area contributed by atoms with Gasteiger partial charge in [0.2, 0.25) is 0 Å². The van der Waals surface area contributed by atoms with Crippen molar-refractivity contribution in [3.8, 4) is 5.75 Å². The lowest BCUT2D eigenvalue weighted by Gasteiger charge is -2.39. The minimum atomic E-state index is 0.332. The van der Waals surface area contributed by atoms with Crippen LogP contribution in [0.25, 0.3) is 0 Å². The van der Waals surface area contributed by atoms with Gasteiger partial charge in [-0.3, -0.25) is 0 Å². The molecule has 2 nitrogen and oxygen atoms in total. The SMILES string of the molecule is COc1cccc(C2Nc3c(C)ccc(C)c3C3C=CCC32)c1. The van der Waals surface area contributed by atoms with E-state index in [1.165, 1.54) is 27.9 Å². The monoisotopic (exact) mass is 305 g/mol. The Labute approximate surface area is 138 Å². The van der Waals surface area contributed by atoms with Crippen molar-refractivity contribution in [3.63, 3.8) is 0 Å². The maximum atomic E-state index is 5.43. The van der Waals surface area contributed by atoms with Crippen LogP contribution in [0.15, 0.2) is 48.6 Å². The van der Waals surface area contributed by atoms with E-state index in [0.29, 0.717) is 17.9 Å². The van der Waals surface area contributed by atoms with E-state index in [1.807, 2.05) is 6.07 Å². The number of fused-ring (bicyclic) bond motifs is 3.